The third kappa shape index (κ3) is 2.29. The first-order valence-electron chi connectivity index (χ1n) is 5.34. The van der Waals surface area contributed by atoms with E-state index in [1.165, 1.54) is 19.3 Å². The minimum atomic E-state index is 0.348. The van der Waals surface area contributed by atoms with Crippen LogP contribution < -0.4 is 10.5 Å². The van der Waals surface area contributed by atoms with Crippen LogP contribution in [0.25, 0.3) is 0 Å². The molecule has 3 nitrogen and oxygen atoms in total. The first-order valence-corrected chi connectivity index (χ1v) is 5.34. The molecule has 0 aromatic carbocycles. The Bertz CT molecular complexity index is 277. The van der Waals surface area contributed by atoms with Gasteiger partial charge in [0.2, 0.25) is 0 Å². The summed E-state index contributed by atoms with van der Waals surface area (Å²) in [4.78, 5) is 0. The highest BCUT2D eigenvalue weighted by Gasteiger charge is 2.16. The summed E-state index contributed by atoms with van der Waals surface area (Å²) in [5, 5.41) is 0. The van der Waals surface area contributed by atoms with Crippen molar-refractivity contribution in [2.45, 2.75) is 44.8 Å². The van der Waals surface area contributed by atoms with Crippen molar-refractivity contribution < 1.29 is 9.15 Å². The van der Waals surface area contributed by atoms with E-state index in [-0.39, 0.29) is 0 Å². The molecule has 1 saturated carbocycles. The number of nitrogens with two attached hydrogens (primary N) is 1. The van der Waals surface area contributed by atoms with Gasteiger partial charge in [-0.1, -0.05) is 6.42 Å². The van der Waals surface area contributed by atoms with E-state index in [1.807, 2.05) is 12.1 Å². The fourth-order valence-electron chi connectivity index (χ4n) is 1.88. The van der Waals surface area contributed by atoms with Crippen molar-refractivity contribution in [2.75, 3.05) is 0 Å². The monoisotopic (exact) mass is 195 g/mol. The SMILES string of the molecule is NCc1ccc(OC2CCCCC2)o1. The molecule has 1 aromatic rings. The summed E-state index contributed by atoms with van der Waals surface area (Å²) in [5.74, 6) is 1.41. The summed E-state index contributed by atoms with van der Waals surface area (Å²) in [7, 11) is 0. The second-order valence-corrected chi connectivity index (χ2v) is 3.80. The van der Waals surface area contributed by atoms with Crippen LogP contribution >= 0.6 is 0 Å². The van der Waals surface area contributed by atoms with Crippen molar-refractivity contribution in [1.82, 2.24) is 0 Å². The molecule has 2 rings (SSSR count). The van der Waals surface area contributed by atoms with E-state index in [4.69, 9.17) is 14.9 Å². The van der Waals surface area contributed by atoms with E-state index in [1.54, 1.807) is 0 Å². The van der Waals surface area contributed by atoms with Crippen molar-refractivity contribution in [3.05, 3.63) is 17.9 Å². The average molecular weight is 195 g/mol. The average Bonchev–Trinajstić information content (AvgIpc) is 2.67. The summed E-state index contributed by atoms with van der Waals surface area (Å²) in [5.41, 5.74) is 5.45. The van der Waals surface area contributed by atoms with E-state index >= 15 is 0 Å². The molecule has 0 atom stereocenters. The van der Waals surface area contributed by atoms with Crippen molar-refractivity contribution in [3.8, 4) is 5.95 Å². The second-order valence-electron chi connectivity index (χ2n) is 3.80. The zero-order valence-electron chi connectivity index (χ0n) is 8.37. The Labute approximate surface area is 84.2 Å². The quantitative estimate of drug-likeness (QED) is 0.805. The molecule has 0 radical (unpaired) electrons. The third-order valence-electron chi connectivity index (χ3n) is 2.67. The van der Waals surface area contributed by atoms with Crippen molar-refractivity contribution in [1.29, 1.82) is 0 Å². The van der Waals surface area contributed by atoms with Crippen LogP contribution in [0.5, 0.6) is 5.95 Å². The van der Waals surface area contributed by atoms with E-state index in [0.717, 1.165) is 18.6 Å². The maximum absolute atomic E-state index is 5.72. The molecule has 1 fully saturated rings. The fraction of sp³-hybridized carbons (Fsp3) is 0.636. The smallest absolute Gasteiger partial charge is 0.284 e. The topological polar surface area (TPSA) is 48.4 Å². The summed E-state index contributed by atoms with van der Waals surface area (Å²) in [6, 6.07) is 3.73. The zero-order chi connectivity index (χ0) is 9.80. The molecule has 0 aliphatic heterocycles. The standard InChI is InChI=1S/C11H17NO2/c12-8-10-6-7-11(14-10)13-9-4-2-1-3-5-9/h6-7,9H,1-5,8,12H2. The maximum Gasteiger partial charge on any atom is 0.284 e. The molecular weight excluding hydrogens is 178 g/mol. The highest BCUT2D eigenvalue weighted by Crippen LogP contribution is 2.24. The van der Waals surface area contributed by atoms with Gasteiger partial charge in [-0.15, -0.1) is 0 Å². The van der Waals surface area contributed by atoms with Crippen LogP contribution in [0.1, 0.15) is 37.9 Å². The highest BCUT2D eigenvalue weighted by molar-refractivity contribution is 5.11. The molecule has 0 bridgehead atoms. The minimum absolute atomic E-state index is 0.348. The number of ether oxygens (including phenoxy) is 1. The van der Waals surface area contributed by atoms with Crippen LogP contribution in [-0.2, 0) is 6.54 Å². The van der Waals surface area contributed by atoms with E-state index < -0.39 is 0 Å². The van der Waals surface area contributed by atoms with Gasteiger partial charge in [0, 0.05) is 6.07 Å². The van der Waals surface area contributed by atoms with Crippen LogP contribution in [0.4, 0.5) is 0 Å². The molecule has 0 saturated heterocycles. The van der Waals surface area contributed by atoms with Gasteiger partial charge in [-0.2, -0.15) is 0 Å². The summed E-state index contributed by atoms with van der Waals surface area (Å²) in [6.07, 6.45) is 6.54. The highest BCUT2D eigenvalue weighted by atomic mass is 16.6. The predicted octanol–water partition coefficient (Wildman–Crippen LogP) is 2.45. The fourth-order valence-corrected chi connectivity index (χ4v) is 1.88. The maximum atomic E-state index is 5.72. The van der Waals surface area contributed by atoms with Gasteiger partial charge in [0.1, 0.15) is 11.9 Å². The Hall–Kier alpha value is -0.960. The van der Waals surface area contributed by atoms with Gasteiger partial charge in [-0.05, 0) is 31.7 Å². The lowest BCUT2D eigenvalue weighted by molar-refractivity contribution is 0.118. The molecule has 1 heterocycles. The lowest BCUT2D eigenvalue weighted by Gasteiger charge is -2.21. The number of furan rings is 1. The molecule has 1 aliphatic carbocycles. The Morgan fingerprint density at radius 1 is 1.29 bits per heavy atom. The van der Waals surface area contributed by atoms with Crippen LogP contribution in [-0.4, -0.2) is 6.10 Å². The number of hydrogen-bond acceptors (Lipinski definition) is 3. The van der Waals surface area contributed by atoms with E-state index in [9.17, 15) is 0 Å². The van der Waals surface area contributed by atoms with E-state index in [2.05, 4.69) is 0 Å². The lowest BCUT2D eigenvalue weighted by atomic mass is 9.98. The minimum Gasteiger partial charge on any atom is -0.462 e. The Morgan fingerprint density at radius 3 is 2.71 bits per heavy atom. The summed E-state index contributed by atoms with van der Waals surface area (Å²) >= 11 is 0. The molecule has 1 aromatic heterocycles. The molecule has 2 N–H and O–H groups in total. The summed E-state index contributed by atoms with van der Waals surface area (Å²) < 4.78 is 11.1. The zero-order valence-corrected chi connectivity index (χ0v) is 8.37. The van der Waals surface area contributed by atoms with Crippen LogP contribution in [0, 0.1) is 0 Å². The van der Waals surface area contributed by atoms with Crippen molar-refractivity contribution in [2.24, 2.45) is 5.73 Å². The van der Waals surface area contributed by atoms with Gasteiger partial charge < -0.3 is 14.9 Å². The van der Waals surface area contributed by atoms with Gasteiger partial charge in [-0.3, -0.25) is 0 Å². The summed E-state index contributed by atoms with van der Waals surface area (Å²) in [6.45, 7) is 0.439. The van der Waals surface area contributed by atoms with Crippen LogP contribution in [0.3, 0.4) is 0 Å². The van der Waals surface area contributed by atoms with Crippen LogP contribution in [0.2, 0.25) is 0 Å². The first-order chi connectivity index (χ1) is 6.88. The van der Waals surface area contributed by atoms with Crippen molar-refractivity contribution in [3.63, 3.8) is 0 Å². The normalized spacial score (nSPS) is 18.4. The molecule has 3 heteroatoms. The molecule has 0 amide bonds. The van der Waals surface area contributed by atoms with Gasteiger partial charge in [0.05, 0.1) is 6.54 Å². The number of hydrogen-bond donors (Lipinski definition) is 1. The van der Waals surface area contributed by atoms with Crippen molar-refractivity contribution >= 4 is 0 Å². The molecule has 14 heavy (non-hydrogen) atoms. The molecule has 0 spiro atoms. The largest absolute Gasteiger partial charge is 0.462 e. The molecule has 0 unspecified atom stereocenters. The molecule has 78 valence electrons. The lowest BCUT2D eigenvalue weighted by Crippen LogP contribution is -2.19. The molecular formula is C11H17NO2. The van der Waals surface area contributed by atoms with Crippen LogP contribution in [0.15, 0.2) is 16.5 Å². The predicted molar refractivity (Wildman–Crippen MR) is 54.1 cm³/mol. The Morgan fingerprint density at radius 2 is 2.07 bits per heavy atom. The molecule has 1 aliphatic rings. The Kier molecular flexibility index (Phi) is 3.09. The van der Waals surface area contributed by atoms with E-state index in [0.29, 0.717) is 18.6 Å². The first kappa shape index (κ1) is 9.59. The van der Waals surface area contributed by atoms with Gasteiger partial charge in [0.25, 0.3) is 5.95 Å². The van der Waals surface area contributed by atoms with Gasteiger partial charge in [-0.25, -0.2) is 0 Å². The number of rotatable bonds is 3. The second kappa shape index (κ2) is 4.51. The Balaban J connectivity index is 1.89. The third-order valence-corrected chi connectivity index (χ3v) is 2.67. The van der Waals surface area contributed by atoms with Gasteiger partial charge in [0.15, 0.2) is 0 Å². The van der Waals surface area contributed by atoms with Gasteiger partial charge >= 0.3 is 0 Å².